The van der Waals surface area contributed by atoms with Crippen molar-refractivity contribution in [3.05, 3.63) is 71.2 Å². The van der Waals surface area contributed by atoms with Crippen LogP contribution in [0.1, 0.15) is 27.7 Å². The zero-order valence-electron chi connectivity index (χ0n) is 23.8. The monoisotopic (exact) mass is 553 g/mol. The number of nitrogens with zero attached hydrogens (tertiary/aromatic N) is 1. The number of hydrogen-bond donors (Lipinski definition) is 1. The fourth-order valence-corrected chi connectivity index (χ4v) is 5.45. The van der Waals surface area contributed by atoms with Gasteiger partial charge in [0.05, 0.1) is 31.9 Å². The third-order valence-electron chi connectivity index (χ3n) is 7.01. The predicted octanol–water partition coefficient (Wildman–Crippen LogP) is 7.32. The molecule has 0 saturated heterocycles. The first kappa shape index (κ1) is 26.4. The molecule has 3 aromatic heterocycles. The van der Waals surface area contributed by atoms with E-state index in [1.54, 1.807) is 32.4 Å². The molecule has 0 aliphatic heterocycles. The maximum absolute atomic E-state index is 13.7. The molecule has 0 radical (unpaired) electrons. The number of hydrogen-bond acceptors (Lipinski definition) is 7. The van der Waals surface area contributed by atoms with E-state index in [0.717, 1.165) is 27.4 Å². The fraction of sp³-hybridized carbons (Fsp3) is 0.242. The van der Waals surface area contributed by atoms with Gasteiger partial charge in [-0.25, -0.2) is 4.79 Å². The quantitative estimate of drug-likeness (QED) is 0.207. The maximum Gasteiger partial charge on any atom is 0.361 e. The highest BCUT2D eigenvalue weighted by Crippen LogP contribution is 2.45. The third kappa shape index (κ3) is 4.36. The molecule has 3 heterocycles. The second-order valence-electron chi connectivity index (χ2n) is 10.5. The highest BCUT2D eigenvalue weighted by Gasteiger charge is 2.25. The lowest BCUT2D eigenvalue weighted by atomic mass is 9.98. The van der Waals surface area contributed by atoms with E-state index in [1.807, 2.05) is 74.7 Å². The van der Waals surface area contributed by atoms with Crippen molar-refractivity contribution in [3.63, 3.8) is 0 Å². The molecular weight excluding hydrogens is 522 g/mol. The summed E-state index contributed by atoms with van der Waals surface area (Å²) in [6.07, 6.45) is 1.70. The number of rotatable bonds is 7. The number of ether oxygens (including phenoxy) is 4. The van der Waals surface area contributed by atoms with Gasteiger partial charge in [-0.2, -0.15) is 0 Å². The molecule has 0 fully saturated rings. The molecule has 41 heavy (non-hydrogen) atoms. The van der Waals surface area contributed by atoms with Gasteiger partial charge in [-0.05, 0) is 75.0 Å². The molecule has 0 atom stereocenters. The molecule has 6 aromatic rings. The highest BCUT2D eigenvalue weighted by molar-refractivity contribution is 6.21. The Bertz CT molecular complexity index is 2020. The van der Waals surface area contributed by atoms with Gasteiger partial charge in [-0.15, -0.1) is 0 Å². The van der Waals surface area contributed by atoms with Gasteiger partial charge in [-0.1, -0.05) is 12.1 Å². The SMILES string of the molecule is COc1cc(-c2c3c4cc(OC)c(OC(C)C)cc4oc(=O)c3n3ccc4ccc(O)cc4c23)ccc1OC(C)C. The summed E-state index contributed by atoms with van der Waals surface area (Å²) in [4.78, 5) is 13.7. The van der Waals surface area contributed by atoms with Crippen molar-refractivity contribution < 1.29 is 28.5 Å². The first-order chi connectivity index (χ1) is 19.7. The Morgan fingerprint density at radius 3 is 2.17 bits per heavy atom. The van der Waals surface area contributed by atoms with Crippen LogP contribution < -0.4 is 24.6 Å². The number of phenolic OH excluding ortho intramolecular Hbond substituents is 1. The number of phenols is 1. The summed E-state index contributed by atoms with van der Waals surface area (Å²) < 4.78 is 31.1. The molecule has 0 spiro atoms. The molecule has 8 nitrogen and oxygen atoms in total. The summed E-state index contributed by atoms with van der Waals surface area (Å²) in [5.41, 5.74) is 2.57. The minimum absolute atomic E-state index is 0.0406. The Morgan fingerprint density at radius 2 is 1.46 bits per heavy atom. The van der Waals surface area contributed by atoms with Crippen molar-refractivity contribution in [1.29, 1.82) is 0 Å². The molecule has 3 aromatic carbocycles. The summed E-state index contributed by atoms with van der Waals surface area (Å²) in [5.74, 6) is 2.29. The standard InChI is InChI=1S/C33H31NO7/c1-17(2)39-24-10-8-20(13-26(24)37-5)29-30-23-15-27(38-6)28(40-18(3)4)16-25(23)41-33(36)32(30)34-12-11-19-7-9-21(35)14-22(19)31(29)34/h7-18,35H,1-6H3. The summed E-state index contributed by atoms with van der Waals surface area (Å²) in [6.45, 7) is 7.75. The first-order valence-corrected chi connectivity index (χ1v) is 13.5. The average Bonchev–Trinajstić information content (AvgIpc) is 3.29. The van der Waals surface area contributed by atoms with Crippen LogP contribution in [0.25, 0.3) is 49.3 Å². The minimum atomic E-state index is -0.499. The van der Waals surface area contributed by atoms with E-state index in [0.29, 0.717) is 44.9 Å². The normalized spacial score (nSPS) is 11.8. The third-order valence-corrected chi connectivity index (χ3v) is 7.01. The first-order valence-electron chi connectivity index (χ1n) is 13.5. The molecule has 6 rings (SSSR count). The van der Waals surface area contributed by atoms with Gasteiger partial charge in [0.1, 0.15) is 16.8 Å². The van der Waals surface area contributed by atoms with Crippen LogP contribution >= 0.6 is 0 Å². The average molecular weight is 554 g/mol. The Labute approximate surface area is 236 Å². The summed E-state index contributed by atoms with van der Waals surface area (Å²) in [6, 6.07) is 16.4. The van der Waals surface area contributed by atoms with Crippen LogP contribution in [0.15, 0.2) is 70.0 Å². The lowest BCUT2D eigenvalue weighted by Gasteiger charge is -2.16. The van der Waals surface area contributed by atoms with E-state index in [-0.39, 0.29) is 18.0 Å². The topological polar surface area (TPSA) is 91.8 Å². The van der Waals surface area contributed by atoms with Gasteiger partial charge in [0.2, 0.25) is 0 Å². The second-order valence-corrected chi connectivity index (χ2v) is 10.5. The lowest BCUT2D eigenvalue weighted by Crippen LogP contribution is -2.07. The summed E-state index contributed by atoms with van der Waals surface area (Å²) in [7, 11) is 3.18. The number of fused-ring (bicyclic) bond motifs is 7. The van der Waals surface area contributed by atoms with Gasteiger partial charge in [-0.3, -0.25) is 0 Å². The molecule has 0 aliphatic rings. The van der Waals surface area contributed by atoms with E-state index < -0.39 is 5.63 Å². The fourth-order valence-electron chi connectivity index (χ4n) is 5.45. The van der Waals surface area contributed by atoms with E-state index in [4.69, 9.17) is 23.4 Å². The van der Waals surface area contributed by atoms with Crippen LogP contribution in [-0.2, 0) is 0 Å². The zero-order valence-corrected chi connectivity index (χ0v) is 23.8. The van der Waals surface area contributed by atoms with Gasteiger partial charge >= 0.3 is 5.63 Å². The Kier molecular flexibility index (Phi) is 6.41. The van der Waals surface area contributed by atoms with Gasteiger partial charge in [0.15, 0.2) is 23.0 Å². The van der Waals surface area contributed by atoms with Crippen LogP contribution in [0.3, 0.4) is 0 Å². The summed E-state index contributed by atoms with van der Waals surface area (Å²) >= 11 is 0. The smallest absolute Gasteiger partial charge is 0.361 e. The number of methoxy groups -OCH3 is 2. The second kappa shape index (κ2) is 9.96. The predicted molar refractivity (Wildman–Crippen MR) is 160 cm³/mol. The van der Waals surface area contributed by atoms with Crippen molar-refractivity contribution in [2.24, 2.45) is 0 Å². The molecule has 1 N–H and O–H groups in total. The lowest BCUT2D eigenvalue weighted by molar-refractivity contribution is 0.230. The molecule has 0 unspecified atom stereocenters. The van der Waals surface area contributed by atoms with Gasteiger partial charge in [0, 0.05) is 34.0 Å². The van der Waals surface area contributed by atoms with Crippen LogP contribution in [-0.4, -0.2) is 35.9 Å². The number of benzene rings is 3. The van der Waals surface area contributed by atoms with Gasteiger partial charge < -0.3 is 32.9 Å². The van der Waals surface area contributed by atoms with Crippen molar-refractivity contribution in [2.75, 3.05) is 14.2 Å². The van der Waals surface area contributed by atoms with Crippen molar-refractivity contribution >= 4 is 38.2 Å². The van der Waals surface area contributed by atoms with E-state index in [2.05, 4.69) is 0 Å². The molecule has 0 bridgehead atoms. The molecular formula is C33H31NO7. The molecule has 0 amide bonds. The van der Waals surface area contributed by atoms with Crippen molar-refractivity contribution in [3.8, 4) is 39.9 Å². The minimum Gasteiger partial charge on any atom is -0.508 e. The van der Waals surface area contributed by atoms with Crippen LogP contribution in [0.5, 0.6) is 28.7 Å². The maximum atomic E-state index is 13.7. The highest BCUT2D eigenvalue weighted by atomic mass is 16.5. The van der Waals surface area contributed by atoms with Gasteiger partial charge in [0.25, 0.3) is 0 Å². The molecule has 0 saturated carbocycles. The van der Waals surface area contributed by atoms with E-state index in [1.165, 1.54) is 0 Å². The Morgan fingerprint density at radius 1 is 0.756 bits per heavy atom. The van der Waals surface area contributed by atoms with Crippen LogP contribution in [0.2, 0.25) is 0 Å². The van der Waals surface area contributed by atoms with Crippen LogP contribution in [0, 0.1) is 0 Å². The van der Waals surface area contributed by atoms with E-state index >= 15 is 0 Å². The Balaban J connectivity index is 1.82. The zero-order chi connectivity index (χ0) is 29.0. The number of aromatic nitrogens is 1. The molecule has 8 heteroatoms. The van der Waals surface area contributed by atoms with E-state index in [9.17, 15) is 9.90 Å². The largest absolute Gasteiger partial charge is 0.508 e. The van der Waals surface area contributed by atoms with Crippen molar-refractivity contribution in [1.82, 2.24) is 4.40 Å². The van der Waals surface area contributed by atoms with Crippen LogP contribution in [0.4, 0.5) is 0 Å². The summed E-state index contributed by atoms with van der Waals surface area (Å²) in [5, 5.41) is 13.5. The molecule has 210 valence electrons. The number of pyridine rings is 1. The van der Waals surface area contributed by atoms with Crippen molar-refractivity contribution in [2.45, 2.75) is 39.9 Å². The molecule has 0 aliphatic carbocycles. The number of aromatic hydroxyl groups is 1. The Hall–Kier alpha value is -4.85.